The van der Waals surface area contributed by atoms with Crippen LogP contribution in [0.5, 0.6) is 0 Å². The van der Waals surface area contributed by atoms with Gasteiger partial charge in [-0.25, -0.2) is 12.2 Å². The van der Waals surface area contributed by atoms with Crippen LogP contribution in [0.4, 0.5) is 0 Å². The van der Waals surface area contributed by atoms with E-state index in [2.05, 4.69) is 140 Å². The van der Waals surface area contributed by atoms with Crippen LogP contribution in [0.3, 0.4) is 0 Å². The normalized spacial score (nSPS) is 11.1. The number of hydrogen-bond acceptors (Lipinski definition) is 0. The molecule has 0 atom stereocenters. The van der Waals surface area contributed by atoms with Gasteiger partial charge in [0, 0.05) is 10.0 Å². The SMILES string of the molecule is Clc1ccc(-c2ccc3c(c2)[cH-]c2cc(-c4ccc(Cl)cc4)ccc23)cc1.[C-]1=CC=CC1.[Cl-].[Cl-].[Zr+2]=[C](Cc1ccccc1)Cc1ccccc1. The van der Waals surface area contributed by atoms with E-state index in [1.165, 1.54) is 54.9 Å². The van der Waals surface area contributed by atoms with Crippen LogP contribution < -0.4 is 24.8 Å². The Morgan fingerprint density at radius 3 is 1.34 bits per heavy atom. The third-order valence-electron chi connectivity index (χ3n) is 8.17. The Hall–Kier alpha value is -3.42. The number of hydrogen-bond donors (Lipinski definition) is 0. The summed E-state index contributed by atoms with van der Waals surface area (Å²) >= 11 is 13.6. The molecule has 0 aliphatic heterocycles. The van der Waals surface area contributed by atoms with Gasteiger partial charge >= 0.3 is 112 Å². The number of halogens is 4. The van der Waals surface area contributed by atoms with Gasteiger partial charge in [-0.3, -0.25) is 6.08 Å². The molecule has 0 saturated heterocycles. The summed E-state index contributed by atoms with van der Waals surface area (Å²) in [7, 11) is 0. The first-order valence-electron chi connectivity index (χ1n) is 16.0. The predicted octanol–water partition coefficient (Wildman–Crippen LogP) is 6.86. The van der Waals surface area contributed by atoms with Gasteiger partial charge in [-0.2, -0.15) is 6.08 Å². The van der Waals surface area contributed by atoms with E-state index in [1.807, 2.05) is 36.4 Å². The van der Waals surface area contributed by atoms with Gasteiger partial charge in [0.15, 0.2) is 0 Å². The summed E-state index contributed by atoms with van der Waals surface area (Å²) in [4.78, 5) is 0. The van der Waals surface area contributed by atoms with Crippen LogP contribution in [0.2, 0.25) is 10.0 Å². The molecule has 0 bridgehead atoms. The van der Waals surface area contributed by atoms with Crippen molar-refractivity contribution >= 4 is 48.0 Å². The van der Waals surface area contributed by atoms with E-state index in [0.29, 0.717) is 0 Å². The van der Waals surface area contributed by atoms with Crippen molar-refractivity contribution in [2.75, 3.05) is 0 Å². The number of allylic oxidation sites excluding steroid dienone is 4. The van der Waals surface area contributed by atoms with E-state index in [1.54, 1.807) is 27.4 Å². The summed E-state index contributed by atoms with van der Waals surface area (Å²) in [6.45, 7) is 0. The van der Waals surface area contributed by atoms with Crippen molar-refractivity contribution in [2.45, 2.75) is 19.3 Å². The average molecular weight is 808 g/mol. The zero-order valence-corrected chi connectivity index (χ0v) is 32.8. The molecule has 0 fully saturated rings. The Labute approximate surface area is 333 Å². The average Bonchev–Trinajstić information content (AvgIpc) is 3.82. The summed E-state index contributed by atoms with van der Waals surface area (Å²) in [5.41, 5.74) is 7.59. The predicted molar refractivity (Wildman–Crippen MR) is 205 cm³/mol. The van der Waals surface area contributed by atoms with E-state index in [0.717, 1.165) is 29.3 Å². The minimum absolute atomic E-state index is 0. The zero-order valence-electron chi connectivity index (χ0n) is 27.3. The molecule has 0 N–H and O–H groups in total. The Morgan fingerprint density at radius 2 is 0.980 bits per heavy atom. The Bertz CT molecular complexity index is 2010. The van der Waals surface area contributed by atoms with Gasteiger partial charge in [-0.15, -0.1) is 46.2 Å². The summed E-state index contributed by atoms with van der Waals surface area (Å²) in [6, 6.07) is 52.9. The fraction of sp³-hybridized carbons (Fsp3) is 0.0667. The van der Waals surface area contributed by atoms with E-state index >= 15 is 0 Å². The molecule has 1 aliphatic rings. The van der Waals surface area contributed by atoms with E-state index in [-0.39, 0.29) is 24.8 Å². The Morgan fingerprint density at radius 1 is 0.560 bits per heavy atom. The molecule has 0 unspecified atom stereocenters. The van der Waals surface area contributed by atoms with Gasteiger partial charge in [0.1, 0.15) is 0 Å². The van der Waals surface area contributed by atoms with E-state index < -0.39 is 0 Å². The topological polar surface area (TPSA) is 0 Å². The minimum atomic E-state index is 0. The van der Waals surface area contributed by atoms with Gasteiger partial charge in [0.25, 0.3) is 0 Å². The molecule has 8 rings (SSSR count). The molecule has 0 radical (unpaired) electrons. The maximum absolute atomic E-state index is 6.01. The molecule has 50 heavy (non-hydrogen) atoms. The fourth-order valence-electron chi connectivity index (χ4n) is 5.75. The van der Waals surface area contributed by atoms with Crippen LogP contribution in [0, 0.1) is 6.08 Å². The monoisotopic (exact) mass is 804 g/mol. The second kappa shape index (κ2) is 19.8. The molecule has 7 aromatic rings. The van der Waals surface area contributed by atoms with Crippen LogP contribution >= 0.6 is 23.2 Å². The van der Waals surface area contributed by atoms with Crippen LogP contribution in [0.15, 0.2) is 170 Å². The Kier molecular flexibility index (Phi) is 15.6. The molecular weight excluding hydrogens is 774 g/mol. The van der Waals surface area contributed by atoms with E-state index in [9.17, 15) is 0 Å². The molecule has 7 aromatic carbocycles. The summed E-state index contributed by atoms with van der Waals surface area (Å²) in [6.07, 6.45) is 12.2. The van der Waals surface area contributed by atoms with Gasteiger partial charge in [-0.05, 0) is 35.4 Å². The van der Waals surface area contributed by atoms with Crippen molar-refractivity contribution < 1.29 is 49.0 Å². The molecule has 0 saturated carbocycles. The first-order chi connectivity index (χ1) is 23.5. The molecule has 1 aliphatic carbocycles. The molecule has 0 heterocycles. The van der Waals surface area contributed by atoms with Crippen molar-refractivity contribution in [3.05, 3.63) is 197 Å². The molecular formula is C45H34Cl4Zr-2. The third-order valence-corrected chi connectivity index (χ3v) is 9.54. The van der Waals surface area contributed by atoms with Gasteiger partial charge < -0.3 is 24.8 Å². The van der Waals surface area contributed by atoms with Crippen molar-refractivity contribution in [1.82, 2.24) is 0 Å². The number of fused-ring (bicyclic) bond motifs is 3. The van der Waals surface area contributed by atoms with Crippen molar-refractivity contribution in [1.29, 1.82) is 0 Å². The van der Waals surface area contributed by atoms with Crippen molar-refractivity contribution in [3.8, 4) is 22.3 Å². The quantitative estimate of drug-likeness (QED) is 0.161. The molecule has 0 amide bonds. The second-order valence-corrected chi connectivity index (χ2v) is 14.3. The maximum atomic E-state index is 6.01. The first-order valence-corrected chi connectivity index (χ1v) is 18.0. The zero-order chi connectivity index (χ0) is 33.1. The van der Waals surface area contributed by atoms with Gasteiger partial charge in [-0.1, -0.05) is 82.9 Å². The summed E-state index contributed by atoms with van der Waals surface area (Å²) < 4.78 is 1.60. The number of benzene rings is 6. The molecule has 0 aromatic heterocycles. The van der Waals surface area contributed by atoms with Crippen LogP contribution in [-0.4, -0.2) is 3.21 Å². The standard InChI is InChI=1S/C25H15Cl2.C15H14.C5H5.2ClH.Zr/c26-22-7-1-16(2-8-22)18-5-11-24-20(13-18)15-21-14-19(6-12-25(21)24)17-3-9-23(27)10-4-17;1-3-8-14(9-4-1)12-7-13-15-10-5-2-6-11-15;1-2-4-5-3-1;;;/h1-15H;1-6,8-11H,12-13H2;1-3H,4H2;2*1H;/q-1;;-1;;;+2/p-2. The van der Waals surface area contributed by atoms with Crippen LogP contribution in [0.25, 0.3) is 43.8 Å². The molecule has 0 nitrogen and oxygen atoms in total. The number of rotatable bonds is 6. The summed E-state index contributed by atoms with van der Waals surface area (Å²) in [5, 5.41) is 6.59. The van der Waals surface area contributed by atoms with Crippen molar-refractivity contribution in [3.63, 3.8) is 0 Å². The van der Waals surface area contributed by atoms with Gasteiger partial charge in [0.05, 0.1) is 0 Å². The second-order valence-electron chi connectivity index (χ2n) is 11.7. The van der Waals surface area contributed by atoms with Gasteiger partial charge in [0.2, 0.25) is 0 Å². The first kappa shape index (κ1) is 39.4. The van der Waals surface area contributed by atoms with E-state index in [4.69, 9.17) is 23.2 Å². The van der Waals surface area contributed by atoms with Crippen molar-refractivity contribution in [2.24, 2.45) is 0 Å². The van der Waals surface area contributed by atoms with Crippen LogP contribution in [-0.2, 0) is 37.1 Å². The molecule has 248 valence electrons. The third kappa shape index (κ3) is 11.0. The Balaban J connectivity index is 0.000000208. The fourth-order valence-corrected chi connectivity index (χ4v) is 7.01. The molecule has 0 spiro atoms. The molecule has 5 heteroatoms. The summed E-state index contributed by atoms with van der Waals surface area (Å²) in [5.74, 6) is 0. The van der Waals surface area contributed by atoms with Crippen LogP contribution in [0.1, 0.15) is 17.5 Å².